The number of nitrogens with one attached hydrogen (secondary N) is 2. The first-order chi connectivity index (χ1) is 17.6. The van der Waals surface area contributed by atoms with Crippen molar-refractivity contribution in [2.45, 2.75) is 33.3 Å². The molecule has 1 amide bonds. The number of carbonyl (C=O) groups is 1. The maximum absolute atomic E-state index is 11.7. The van der Waals surface area contributed by atoms with Gasteiger partial charge in [0, 0.05) is 17.6 Å². The lowest BCUT2D eigenvalue weighted by Crippen LogP contribution is -2.34. The highest BCUT2D eigenvalue weighted by Crippen LogP contribution is 2.31. The first kappa shape index (κ1) is 25.8. The molecule has 1 aromatic carbocycles. The van der Waals surface area contributed by atoms with E-state index in [2.05, 4.69) is 35.6 Å². The highest BCUT2D eigenvalue weighted by molar-refractivity contribution is 6.32. The van der Waals surface area contributed by atoms with E-state index in [0.29, 0.717) is 28.8 Å². The van der Waals surface area contributed by atoms with E-state index in [1.807, 2.05) is 6.92 Å². The number of anilines is 2. The molecule has 0 aliphatic carbocycles. The molecule has 3 aromatic heterocycles. The van der Waals surface area contributed by atoms with Gasteiger partial charge in [-0.15, -0.1) is 0 Å². The van der Waals surface area contributed by atoms with Crippen molar-refractivity contribution < 1.29 is 19.0 Å². The van der Waals surface area contributed by atoms with Gasteiger partial charge in [-0.25, -0.2) is 24.7 Å². The van der Waals surface area contributed by atoms with Crippen LogP contribution in [0.1, 0.15) is 26.5 Å². The monoisotopic (exact) mass is 523 g/mol. The first-order valence-electron chi connectivity index (χ1n) is 11.4. The second kappa shape index (κ2) is 11.2. The molecule has 0 unspecified atom stereocenters. The number of aromatic nitrogens is 5. The number of aryl methyl sites for hydroxylation is 1. The minimum Gasteiger partial charge on any atom is -0.490 e. The van der Waals surface area contributed by atoms with Crippen molar-refractivity contribution in [1.82, 2.24) is 30.2 Å². The second-order valence-electron chi connectivity index (χ2n) is 8.92. The van der Waals surface area contributed by atoms with Crippen molar-refractivity contribution in [2.75, 3.05) is 18.5 Å². The summed E-state index contributed by atoms with van der Waals surface area (Å²) in [6, 6.07) is 6.94. The van der Waals surface area contributed by atoms with Gasteiger partial charge in [-0.05, 0) is 45.9 Å². The number of hydrogen-bond donors (Lipinski definition) is 2. The lowest BCUT2D eigenvalue weighted by molar-refractivity contribution is 0.0520. The molecule has 2 N–H and O–H groups in total. The van der Waals surface area contributed by atoms with E-state index in [1.165, 1.54) is 6.20 Å². The molecule has 0 radical (unpaired) electrons. The van der Waals surface area contributed by atoms with Crippen LogP contribution >= 0.6 is 11.6 Å². The van der Waals surface area contributed by atoms with E-state index in [0.717, 1.165) is 11.1 Å². The Hall–Kier alpha value is -4.25. The quantitative estimate of drug-likeness (QED) is 0.296. The highest BCUT2D eigenvalue weighted by Gasteiger charge is 2.15. The van der Waals surface area contributed by atoms with Crippen LogP contribution in [-0.4, -0.2) is 49.8 Å². The van der Waals surface area contributed by atoms with Crippen LogP contribution in [0.2, 0.25) is 5.02 Å². The molecule has 0 aliphatic rings. The Morgan fingerprint density at radius 3 is 2.57 bits per heavy atom. The molecule has 0 bridgehead atoms. The highest BCUT2D eigenvalue weighted by atomic mass is 35.5. The maximum atomic E-state index is 11.7. The molecule has 0 fully saturated rings. The normalized spacial score (nSPS) is 11.2. The standard InChI is InChI=1S/C25H26ClN7O4/c1-15-11-29-21(14-28-15)33-23-31-12-16-9-17(5-6-20(16)32-23)36-22-19(26)10-18(13-30-22)35-8-7-27-24(34)37-25(2,3)4/h5-6,9-14H,7-8H2,1-4H3,(H,27,34)(H,29,31,32,33). The number of hydrogen-bond acceptors (Lipinski definition) is 10. The van der Waals surface area contributed by atoms with Gasteiger partial charge in [0.1, 0.15) is 28.7 Å². The number of nitrogens with zero attached hydrogens (tertiary/aromatic N) is 5. The van der Waals surface area contributed by atoms with Crippen molar-refractivity contribution in [3.05, 3.63) is 59.8 Å². The average Bonchev–Trinajstić information content (AvgIpc) is 2.84. The van der Waals surface area contributed by atoms with Crippen molar-refractivity contribution >= 4 is 40.4 Å². The summed E-state index contributed by atoms with van der Waals surface area (Å²) in [5.41, 5.74) is 0.975. The van der Waals surface area contributed by atoms with Gasteiger partial charge >= 0.3 is 6.09 Å². The Morgan fingerprint density at radius 1 is 1.00 bits per heavy atom. The number of ether oxygens (including phenoxy) is 3. The summed E-state index contributed by atoms with van der Waals surface area (Å²) in [5, 5.41) is 6.69. The minimum atomic E-state index is -0.562. The molecule has 3 heterocycles. The summed E-state index contributed by atoms with van der Waals surface area (Å²) in [6.45, 7) is 7.73. The Labute approximate surface area is 218 Å². The Bertz CT molecular complexity index is 1390. The molecule has 0 atom stereocenters. The molecule has 0 saturated heterocycles. The second-order valence-corrected chi connectivity index (χ2v) is 9.33. The fraction of sp³-hybridized carbons (Fsp3) is 0.280. The van der Waals surface area contributed by atoms with Crippen molar-refractivity contribution in [3.8, 4) is 17.4 Å². The van der Waals surface area contributed by atoms with Gasteiger partial charge < -0.3 is 24.8 Å². The summed E-state index contributed by atoms with van der Waals surface area (Å²) in [5.74, 6) is 2.13. The molecular weight excluding hydrogens is 498 g/mol. The molecule has 192 valence electrons. The Kier molecular flexibility index (Phi) is 7.83. The number of rotatable bonds is 8. The summed E-state index contributed by atoms with van der Waals surface area (Å²) < 4.78 is 16.6. The van der Waals surface area contributed by atoms with Crippen LogP contribution in [0.5, 0.6) is 17.4 Å². The molecule has 37 heavy (non-hydrogen) atoms. The average molecular weight is 524 g/mol. The molecule has 4 rings (SSSR count). The summed E-state index contributed by atoms with van der Waals surface area (Å²) >= 11 is 6.34. The Balaban J connectivity index is 1.33. The van der Waals surface area contributed by atoms with E-state index < -0.39 is 11.7 Å². The van der Waals surface area contributed by atoms with Gasteiger partial charge in [-0.2, -0.15) is 0 Å². The topological polar surface area (TPSA) is 133 Å². The van der Waals surface area contributed by atoms with Crippen LogP contribution in [-0.2, 0) is 4.74 Å². The number of halogens is 1. The summed E-state index contributed by atoms with van der Waals surface area (Å²) in [4.78, 5) is 33.2. The fourth-order valence-corrected chi connectivity index (χ4v) is 3.21. The lowest BCUT2D eigenvalue weighted by atomic mass is 10.2. The molecular formula is C25H26ClN7O4. The fourth-order valence-electron chi connectivity index (χ4n) is 3.02. The molecule has 11 nitrogen and oxygen atoms in total. The van der Waals surface area contributed by atoms with Crippen LogP contribution in [0, 0.1) is 6.92 Å². The Morgan fingerprint density at radius 2 is 1.84 bits per heavy atom. The predicted octanol–water partition coefficient (Wildman–Crippen LogP) is 5.22. The van der Waals surface area contributed by atoms with Gasteiger partial charge in [-0.1, -0.05) is 11.6 Å². The number of alkyl carbamates (subject to hydrolysis) is 1. The van der Waals surface area contributed by atoms with Gasteiger partial charge in [0.25, 0.3) is 0 Å². The van der Waals surface area contributed by atoms with Gasteiger partial charge in [0.05, 0.1) is 36.3 Å². The minimum absolute atomic E-state index is 0.218. The SMILES string of the molecule is Cc1cnc(Nc2ncc3cc(Oc4ncc(OCCNC(=O)OC(C)(C)C)cc4Cl)ccc3n2)cn1. The van der Waals surface area contributed by atoms with Crippen LogP contribution in [0.4, 0.5) is 16.6 Å². The molecule has 0 spiro atoms. The van der Waals surface area contributed by atoms with Crippen molar-refractivity contribution in [2.24, 2.45) is 0 Å². The van der Waals surface area contributed by atoms with Crippen LogP contribution < -0.4 is 20.1 Å². The number of carbonyl (C=O) groups excluding carboxylic acids is 1. The van der Waals surface area contributed by atoms with E-state index in [9.17, 15) is 4.79 Å². The van der Waals surface area contributed by atoms with Gasteiger partial charge in [-0.3, -0.25) is 4.98 Å². The molecule has 0 saturated carbocycles. The van der Waals surface area contributed by atoms with E-state index >= 15 is 0 Å². The van der Waals surface area contributed by atoms with E-state index in [1.54, 1.807) is 63.6 Å². The number of fused-ring (bicyclic) bond motifs is 1. The molecule has 4 aromatic rings. The number of benzene rings is 1. The van der Waals surface area contributed by atoms with Gasteiger partial charge in [0.2, 0.25) is 11.8 Å². The lowest BCUT2D eigenvalue weighted by Gasteiger charge is -2.19. The van der Waals surface area contributed by atoms with Crippen LogP contribution in [0.25, 0.3) is 10.9 Å². The number of pyridine rings is 1. The van der Waals surface area contributed by atoms with Crippen molar-refractivity contribution in [1.29, 1.82) is 0 Å². The zero-order chi connectivity index (χ0) is 26.4. The zero-order valence-electron chi connectivity index (χ0n) is 20.8. The molecule has 12 heteroatoms. The smallest absolute Gasteiger partial charge is 0.407 e. The largest absolute Gasteiger partial charge is 0.490 e. The summed E-state index contributed by atoms with van der Waals surface area (Å²) in [6.07, 6.45) is 5.94. The van der Waals surface area contributed by atoms with Crippen molar-refractivity contribution in [3.63, 3.8) is 0 Å². The maximum Gasteiger partial charge on any atom is 0.407 e. The third kappa shape index (κ3) is 7.61. The van der Waals surface area contributed by atoms with Gasteiger partial charge in [0.15, 0.2) is 5.82 Å². The third-order valence-electron chi connectivity index (χ3n) is 4.61. The zero-order valence-corrected chi connectivity index (χ0v) is 21.5. The van der Waals surface area contributed by atoms with Crippen LogP contribution in [0.3, 0.4) is 0 Å². The number of amides is 1. The molecule has 0 aliphatic heterocycles. The van der Waals surface area contributed by atoms with E-state index in [-0.39, 0.29) is 24.1 Å². The summed E-state index contributed by atoms with van der Waals surface area (Å²) in [7, 11) is 0. The first-order valence-corrected chi connectivity index (χ1v) is 11.8. The third-order valence-corrected chi connectivity index (χ3v) is 4.88. The van der Waals surface area contributed by atoms with E-state index in [4.69, 9.17) is 25.8 Å². The van der Waals surface area contributed by atoms with Crippen LogP contribution in [0.15, 0.2) is 49.1 Å². The predicted molar refractivity (Wildman–Crippen MR) is 139 cm³/mol.